The van der Waals surface area contributed by atoms with Gasteiger partial charge in [-0.15, -0.1) is 0 Å². The third-order valence-electron chi connectivity index (χ3n) is 7.51. The zero-order valence-electron chi connectivity index (χ0n) is 25.3. The number of carbonyl (C=O) groups is 1. The first-order valence-corrected chi connectivity index (χ1v) is 16.1. The van der Waals surface area contributed by atoms with Gasteiger partial charge < -0.3 is 14.8 Å². The van der Waals surface area contributed by atoms with Crippen LogP contribution in [0.25, 0.3) is 0 Å². The number of aliphatic carboxylic acids is 1. The molecule has 0 rings (SSSR count). The first-order chi connectivity index (χ1) is 17.2. The minimum Gasteiger partial charge on any atom is -0.550 e. The first kappa shape index (κ1) is 38.6. The van der Waals surface area contributed by atoms with Crippen LogP contribution in [0.15, 0.2) is 0 Å². The van der Waals surface area contributed by atoms with Crippen LogP contribution in [0.4, 0.5) is 0 Å². The van der Waals surface area contributed by atoms with Crippen molar-refractivity contribution in [3.63, 3.8) is 0 Å². The number of hydrogen-bond donors (Lipinski definition) is 0. The maximum atomic E-state index is 10.6. The summed E-state index contributed by atoms with van der Waals surface area (Å²) >= 11 is 0. The van der Waals surface area contributed by atoms with Crippen LogP contribution in [-0.4, -0.2) is 30.5 Å². The van der Waals surface area contributed by atoms with Gasteiger partial charge in [-0.3, -0.25) is 0 Å². The van der Waals surface area contributed by atoms with Gasteiger partial charge in [-0.05, 0) is 51.7 Å². The Morgan fingerprint density at radius 3 is 0.972 bits per heavy atom. The van der Waals surface area contributed by atoms with Gasteiger partial charge in [0.25, 0.3) is 0 Å². The summed E-state index contributed by atoms with van der Waals surface area (Å²) in [4.78, 5) is 13.3. The molecule has 0 spiro atoms. The van der Waals surface area contributed by atoms with Gasteiger partial charge in [-0.25, -0.2) is 0 Å². The molecule has 0 amide bonds. The molecule has 0 aliphatic carbocycles. The van der Waals surface area contributed by atoms with Crippen molar-refractivity contribution in [2.45, 2.75) is 181 Å². The van der Waals surface area contributed by atoms with Crippen molar-refractivity contribution in [3.8, 4) is 0 Å². The van der Waals surface area contributed by atoms with Crippen LogP contribution in [0.1, 0.15) is 181 Å². The molecule has 4 heteroatoms. The number of unbranched alkanes of at least 4 members (excludes halogenated alkanes) is 22. The molecule has 0 saturated heterocycles. The van der Waals surface area contributed by atoms with Crippen LogP contribution < -0.4 is 34.7 Å². The predicted octanol–water partition coefficient (Wildman–Crippen LogP) is 6.22. The fourth-order valence-electron chi connectivity index (χ4n) is 5.12. The molecule has 0 bridgehead atoms. The summed E-state index contributed by atoms with van der Waals surface area (Å²) < 4.78 is 0. The molecule has 0 saturated carbocycles. The Kier molecular flexibility index (Phi) is 35.9. The SMILES string of the molecule is CCCCCCCCCCCCCN(CCCCCCCCCCCCC)CCCCCC(=O)[O-].[Na+]. The summed E-state index contributed by atoms with van der Waals surface area (Å²) in [6, 6.07) is 0. The second-order valence-electron chi connectivity index (χ2n) is 11.1. The molecule has 3 nitrogen and oxygen atoms in total. The molecular weight excluding hydrogens is 453 g/mol. The molecule has 210 valence electrons. The van der Waals surface area contributed by atoms with Crippen LogP contribution in [0.3, 0.4) is 0 Å². The maximum absolute atomic E-state index is 10.6. The fraction of sp³-hybridized carbons (Fsp3) is 0.969. The molecule has 0 aliphatic heterocycles. The Bertz CT molecular complexity index is 393. The maximum Gasteiger partial charge on any atom is 1.00 e. The molecule has 0 heterocycles. The van der Waals surface area contributed by atoms with Crippen LogP contribution >= 0.6 is 0 Å². The summed E-state index contributed by atoms with van der Waals surface area (Å²) in [5.41, 5.74) is 0. The Morgan fingerprint density at radius 2 is 0.694 bits per heavy atom. The van der Waals surface area contributed by atoms with Crippen LogP contribution in [0.5, 0.6) is 0 Å². The zero-order valence-corrected chi connectivity index (χ0v) is 27.3. The van der Waals surface area contributed by atoms with Crippen molar-refractivity contribution in [1.82, 2.24) is 4.90 Å². The quantitative estimate of drug-likeness (QED) is 0.0838. The second-order valence-corrected chi connectivity index (χ2v) is 11.1. The van der Waals surface area contributed by atoms with Gasteiger partial charge in [0, 0.05) is 5.97 Å². The van der Waals surface area contributed by atoms with Crippen molar-refractivity contribution >= 4 is 5.97 Å². The molecule has 0 N–H and O–H groups in total. The van der Waals surface area contributed by atoms with Crippen molar-refractivity contribution in [1.29, 1.82) is 0 Å². The van der Waals surface area contributed by atoms with E-state index in [9.17, 15) is 9.90 Å². The van der Waals surface area contributed by atoms with Gasteiger partial charge in [0.2, 0.25) is 0 Å². The topological polar surface area (TPSA) is 43.4 Å². The van der Waals surface area contributed by atoms with Crippen molar-refractivity contribution in [3.05, 3.63) is 0 Å². The summed E-state index contributed by atoms with van der Waals surface area (Å²) in [6.07, 6.45) is 34.0. The van der Waals surface area contributed by atoms with E-state index in [1.807, 2.05) is 0 Å². The van der Waals surface area contributed by atoms with E-state index in [-0.39, 0.29) is 36.0 Å². The van der Waals surface area contributed by atoms with E-state index in [0.717, 1.165) is 25.8 Å². The predicted molar refractivity (Wildman–Crippen MR) is 153 cm³/mol. The Hall–Kier alpha value is 0.430. The van der Waals surface area contributed by atoms with Crippen molar-refractivity contribution in [2.75, 3.05) is 19.6 Å². The largest absolute Gasteiger partial charge is 1.00 e. The third kappa shape index (κ3) is 32.5. The molecule has 0 aromatic carbocycles. The monoisotopic (exact) mass is 517 g/mol. The van der Waals surface area contributed by atoms with Gasteiger partial charge in [0.05, 0.1) is 0 Å². The fourth-order valence-corrected chi connectivity index (χ4v) is 5.12. The number of carboxylic acid groups (broad SMARTS) is 1. The minimum atomic E-state index is -0.899. The van der Waals surface area contributed by atoms with Gasteiger partial charge in [0.1, 0.15) is 0 Å². The molecule has 0 aliphatic rings. The Labute approximate surface area is 249 Å². The number of carbonyl (C=O) groups excluding carboxylic acids is 1. The molecular formula is C32H64NNaO2. The van der Waals surface area contributed by atoms with E-state index < -0.39 is 5.97 Å². The Balaban J connectivity index is 0. The van der Waals surface area contributed by atoms with E-state index >= 15 is 0 Å². The zero-order chi connectivity index (χ0) is 25.7. The molecule has 0 unspecified atom stereocenters. The van der Waals surface area contributed by atoms with Crippen LogP contribution in [0, 0.1) is 0 Å². The van der Waals surface area contributed by atoms with Gasteiger partial charge in [-0.1, -0.05) is 149 Å². The average molecular weight is 518 g/mol. The summed E-state index contributed by atoms with van der Waals surface area (Å²) in [7, 11) is 0. The van der Waals surface area contributed by atoms with Gasteiger partial charge >= 0.3 is 29.6 Å². The van der Waals surface area contributed by atoms with E-state index in [4.69, 9.17) is 0 Å². The molecule has 36 heavy (non-hydrogen) atoms. The number of rotatable bonds is 30. The third-order valence-corrected chi connectivity index (χ3v) is 7.51. The first-order valence-electron chi connectivity index (χ1n) is 16.1. The summed E-state index contributed by atoms with van der Waals surface area (Å²) in [5.74, 6) is -0.899. The Morgan fingerprint density at radius 1 is 0.444 bits per heavy atom. The van der Waals surface area contributed by atoms with Crippen molar-refractivity contribution in [2.24, 2.45) is 0 Å². The van der Waals surface area contributed by atoms with E-state index in [1.165, 1.54) is 154 Å². The van der Waals surface area contributed by atoms with Crippen molar-refractivity contribution < 1.29 is 39.5 Å². The van der Waals surface area contributed by atoms with Crippen LogP contribution in [-0.2, 0) is 4.79 Å². The standard InChI is InChI=1S/C32H65NO2.Na/c1-3-5-7-9-11-13-15-17-19-21-25-29-33(31-27-23-24-28-32(34)35)30-26-22-20-18-16-14-12-10-8-6-4-2;/h3-31H2,1-2H3,(H,34,35);/q;+1/p-1. The number of nitrogens with zero attached hydrogens (tertiary/aromatic N) is 1. The summed E-state index contributed by atoms with van der Waals surface area (Å²) in [6.45, 7) is 8.18. The van der Waals surface area contributed by atoms with E-state index in [2.05, 4.69) is 18.7 Å². The molecule has 0 aromatic heterocycles. The summed E-state index contributed by atoms with van der Waals surface area (Å²) in [5, 5.41) is 10.6. The molecule has 0 radical (unpaired) electrons. The number of hydrogen-bond acceptors (Lipinski definition) is 3. The molecule has 0 fully saturated rings. The minimum absolute atomic E-state index is 0. The number of carboxylic acids is 1. The second kappa shape index (κ2) is 33.5. The van der Waals surface area contributed by atoms with Gasteiger partial charge in [-0.2, -0.15) is 0 Å². The molecule has 0 aromatic rings. The smallest absolute Gasteiger partial charge is 0.550 e. The molecule has 0 atom stereocenters. The van der Waals surface area contributed by atoms with Gasteiger partial charge in [0.15, 0.2) is 0 Å². The van der Waals surface area contributed by atoms with E-state index in [1.54, 1.807) is 0 Å². The normalized spacial score (nSPS) is 11.2. The average Bonchev–Trinajstić information content (AvgIpc) is 2.84. The van der Waals surface area contributed by atoms with Crippen LogP contribution in [0.2, 0.25) is 0 Å². The van der Waals surface area contributed by atoms with E-state index in [0.29, 0.717) is 0 Å².